The van der Waals surface area contributed by atoms with Gasteiger partial charge in [0.1, 0.15) is 6.10 Å². The lowest BCUT2D eigenvalue weighted by atomic mass is 9.86. The second kappa shape index (κ2) is 5.92. The fourth-order valence-corrected chi connectivity index (χ4v) is 2.20. The highest BCUT2D eigenvalue weighted by atomic mass is 19.4. The Bertz CT molecular complexity index is 386. The number of rotatable bonds is 5. The molecular weight excluding hydrogens is 257 g/mol. The quantitative estimate of drug-likeness (QED) is 0.882. The topological polar surface area (TPSA) is 29.5 Å². The van der Waals surface area contributed by atoms with Crippen LogP contribution in [0.3, 0.4) is 0 Å². The summed E-state index contributed by atoms with van der Waals surface area (Å²) < 4.78 is 42.8. The molecule has 0 spiro atoms. The third kappa shape index (κ3) is 3.28. The molecule has 0 aliphatic heterocycles. The molecule has 19 heavy (non-hydrogen) atoms. The molecule has 108 valence electrons. The van der Waals surface area contributed by atoms with Crippen molar-refractivity contribution in [3.63, 3.8) is 0 Å². The minimum atomic E-state index is -4.36. The van der Waals surface area contributed by atoms with Gasteiger partial charge in [0.05, 0.1) is 11.2 Å². The molecule has 1 rings (SSSR count). The zero-order valence-electron chi connectivity index (χ0n) is 11.3. The summed E-state index contributed by atoms with van der Waals surface area (Å²) in [5.74, 6) is 0. The molecule has 1 aromatic rings. The number of benzene rings is 1. The fraction of sp³-hybridized carbons (Fsp3) is 0.571. The maximum Gasteiger partial charge on any atom is 0.416 e. The van der Waals surface area contributed by atoms with Gasteiger partial charge in [0, 0.05) is 7.11 Å². The van der Waals surface area contributed by atoms with E-state index in [9.17, 15) is 18.3 Å². The average molecular weight is 276 g/mol. The zero-order chi connectivity index (χ0) is 14.7. The Hall–Kier alpha value is -1.07. The van der Waals surface area contributed by atoms with Gasteiger partial charge in [-0.2, -0.15) is 13.2 Å². The van der Waals surface area contributed by atoms with Gasteiger partial charge in [-0.1, -0.05) is 26.0 Å². The van der Waals surface area contributed by atoms with Crippen LogP contribution in [0, 0.1) is 0 Å². The van der Waals surface area contributed by atoms with Crippen molar-refractivity contribution in [1.82, 2.24) is 0 Å². The third-order valence-electron chi connectivity index (χ3n) is 3.66. The van der Waals surface area contributed by atoms with E-state index in [2.05, 4.69) is 0 Å². The highest BCUT2D eigenvalue weighted by Crippen LogP contribution is 2.36. The van der Waals surface area contributed by atoms with Crippen LogP contribution in [0.2, 0.25) is 0 Å². The van der Waals surface area contributed by atoms with Crippen LogP contribution in [-0.2, 0) is 10.9 Å². The first-order valence-corrected chi connectivity index (χ1v) is 6.21. The predicted octanol–water partition coefficient (Wildman–Crippen LogP) is 3.94. The van der Waals surface area contributed by atoms with Crippen molar-refractivity contribution in [2.24, 2.45) is 0 Å². The Morgan fingerprint density at radius 2 is 1.58 bits per heavy atom. The molecule has 0 fully saturated rings. The van der Waals surface area contributed by atoms with Crippen LogP contribution < -0.4 is 0 Å². The summed E-state index contributed by atoms with van der Waals surface area (Å²) in [6.45, 7) is 3.75. The van der Waals surface area contributed by atoms with E-state index in [0.717, 1.165) is 12.1 Å². The number of hydrogen-bond donors (Lipinski definition) is 1. The first-order chi connectivity index (χ1) is 8.80. The molecule has 0 amide bonds. The van der Waals surface area contributed by atoms with E-state index in [1.165, 1.54) is 19.2 Å². The molecule has 0 aromatic heterocycles. The van der Waals surface area contributed by atoms with Crippen molar-refractivity contribution in [2.75, 3.05) is 7.11 Å². The van der Waals surface area contributed by atoms with Crippen molar-refractivity contribution < 1.29 is 23.0 Å². The van der Waals surface area contributed by atoms with Gasteiger partial charge in [-0.25, -0.2) is 0 Å². The molecule has 1 N–H and O–H groups in total. The van der Waals surface area contributed by atoms with E-state index in [0.29, 0.717) is 18.4 Å². The number of halogens is 3. The summed E-state index contributed by atoms with van der Waals surface area (Å²) in [6.07, 6.45) is -4.17. The number of methoxy groups -OCH3 is 1. The van der Waals surface area contributed by atoms with Crippen LogP contribution in [0.5, 0.6) is 0 Å². The molecule has 1 unspecified atom stereocenters. The summed E-state index contributed by atoms with van der Waals surface area (Å²) in [7, 11) is 1.50. The van der Waals surface area contributed by atoms with E-state index < -0.39 is 23.4 Å². The van der Waals surface area contributed by atoms with E-state index in [-0.39, 0.29) is 0 Å². The van der Waals surface area contributed by atoms with Gasteiger partial charge in [0.15, 0.2) is 0 Å². The van der Waals surface area contributed by atoms with Crippen LogP contribution in [0.25, 0.3) is 0 Å². The maximum absolute atomic E-state index is 12.5. The van der Waals surface area contributed by atoms with Gasteiger partial charge in [-0.15, -0.1) is 0 Å². The Balaban J connectivity index is 3.04. The third-order valence-corrected chi connectivity index (χ3v) is 3.66. The Morgan fingerprint density at radius 1 is 1.11 bits per heavy atom. The molecule has 0 saturated carbocycles. The minimum absolute atomic E-state index is 0.429. The van der Waals surface area contributed by atoms with Crippen LogP contribution in [0.15, 0.2) is 24.3 Å². The Labute approximate surface area is 111 Å². The van der Waals surface area contributed by atoms with Crippen molar-refractivity contribution in [3.05, 3.63) is 35.4 Å². The fourth-order valence-electron chi connectivity index (χ4n) is 2.20. The van der Waals surface area contributed by atoms with E-state index in [1.807, 2.05) is 13.8 Å². The normalized spacial score (nSPS) is 14.5. The molecule has 1 atom stereocenters. The Kier molecular flexibility index (Phi) is 4.98. The van der Waals surface area contributed by atoms with E-state index in [4.69, 9.17) is 4.74 Å². The second-order valence-corrected chi connectivity index (χ2v) is 4.50. The first kappa shape index (κ1) is 16.0. The molecule has 0 heterocycles. The number of hydrogen-bond acceptors (Lipinski definition) is 2. The number of aliphatic hydroxyl groups excluding tert-OH is 1. The van der Waals surface area contributed by atoms with Gasteiger partial charge in [0.2, 0.25) is 0 Å². The number of alkyl halides is 3. The van der Waals surface area contributed by atoms with Crippen molar-refractivity contribution in [1.29, 1.82) is 0 Å². The van der Waals surface area contributed by atoms with E-state index in [1.54, 1.807) is 0 Å². The van der Waals surface area contributed by atoms with Gasteiger partial charge >= 0.3 is 6.18 Å². The van der Waals surface area contributed by atoms with Crippen molar-refractivity contribution in [2.45, 2.75) is 44.6 Å². The number of ether oxygens (including phenoxy) is 1. The molecule has 0 aliphatic carbocycles. The molecule has 0 bridgehead atoms. The summed E-state index contributed by atoms with van der Waals surface area (Å²) in [5, 5.41) is 10.3. The smallest absolute Gasteiger partial charge is 0.385 e. The summed E-state index contributed by atoms with van der Waals surface area (Å²) >= 11 is 0. The van der Waals surface area contributed by atoms with Crippen LogP contribution >= 0.6 is 0 Å². The maximum atomic E-state index is 12.5. The number of aliphatic hydroxyl groups is 1. The van der Waals surface area contributed by atoms with Gasteiger partial charge < -0.3 is 9.84 Å². The predicted molar refractivity (Wildman–Crippen MR) is 66.7 cm³/mol. The lowest BCUT2D eigenvalue weighted by Gasteiger charge is -2.35. The van der Waals surface area contributed by atoms with Gasteiger partial charge in [-0.3, -0.25) is 0 Å². The monoisotopic (exact) mass is 276 g/mol. The second-order valence-electron chi connectivity index (χ2n) is 4.50. The molecule has 0 aliphatic rings. The average Bonchev–Trinajstić information content (AvgIpc) is 2.40. The molecule has 2 nitrogen and oxygen atoms in total. The summed E-state index contributed by atoms with van der Waals surface area (Å²) in [4.78, 5) is 0. The van der Waals surface area contributed by atoms with E-state index >= 15 is 0 Å². The van der Waals surface area contributed by atoms with Crippen LogP contribution in [0.1, 0.15) is 43.9 Å². The van der Waals surface area contributed by atoms with Crippen LogP contribution in [-0.4, -0.2) is 17.8 Å². The minimum Gasteiger partial charge on any atom is -0.385 e. The molecule has 0 saturated heterocycles. The Morgan fingerprint density at radius 3 is 1.89 bits per heavy atom. The molecule has 0 radical (unpaired) electrons. The van der Waals surface area contributed by atoms with Gasteiger partial charge in [0.25, 0.3) is 0 Å². The van der Waals surface area contributed by atoms with Gasteiger partial charge in [-0.05, 0) is 30.5 Å². The lowest BCUT2D eigenvalue weighted by Crippen LogP contribution is -2.37. The summed E-state index contributed by atoms with van der Waals surface area (Å²) in [6, 6.07) is 4.55. The van der Waals surface area contributed by atoms with Crippen molar-refractivity contribution >= 4 is 0 Å². The molecular formula is C14H19F3O2. The SMILES string of the molecule is CCC(CC)(OC)C(O)c1ccc(C(F)(F)F)cc1. The highest BCUT2D eigenvalue weighted by molar-refractivity contribution is 5.27. The van der Waals surface area contributed by atoms with Crippen LogP contribution in [0.4, 0.5) is 13.2 Å². The summed E-state index contributed by atoms with van der Waals surface area (Å²) in [5.41, 5.74) is -1.06. The molecule has 1 aromatic carbocycles. The highest BCUT2D eigenvalue weighted by Gasteiger charge is 2.36. The largest absolute Gasteiger partial charge is 0.416 e. The molecule has 5 heteroatoms. The van der Waals surface area contributed by atoms with Crippen molar-refractivity contribution in [3.8, 4) is 0 Å². The lowest BCUT2D eigenvalue weighted by molar-refractivity contribution is -0.137. The standard InChI is InChI=1S/C14H19F3O2/c1-4-13(5-2,19-3)12(18)10-6-8-11(9-7-10)14(15,16)17/h6-9,12,18H,4-5H2,1-3H3. The zero-order valence-corrected chi connectivity index (χ0v) is 11.3. The first-order valence-electron chi connectivity index (χ1n) is 6.21.